The summed E-state index contributed by atoms with van der Waals surface area (Å²) < 4.78 is 12.2. The van der Waals surface area contributed by atoms with Gasteiger partial charge in [-0.25, -0.2) is 0 Å². The van der Waals surface area contributed by atoms with Gasteiger partial charge in [-0.1, -0.05) is 114 Å². The van der Waals surface area contributed by atoms with Crippen molar-refractivity contribution in [1.82, 2.24) is 0 Å². The van der Waals surface area contributed by atoms with E-state index in [1.165, 1.54) is 107 Å². The minimum atomic E-state index is -0.216. The zero-order valence-corrected chi connectivity index (χ0v) is 24.0. The molecule has 2 aromatic rings. The molecule has 2 aliphatic rings. The van der Waals surface area contributed by atoms with Crippen LogP contribution in [0.4, 0.5) is 0 Å². The summed E-state index contributed by atoms with van der Waals surface area (Å²) >= 11 is 0. The molecule has 204 valence electrons. The predicted molar refractivity (Wildman–Crippen MR) is 157 cm³/mol. The fraction of sp³-hybridized carbons (Fsp3) is 0.657. The minimum Gasteiger partial charge on any atom is -0.348 e. The van der Waals surface area contributed by atoms with Gasteiger partial charge in [0.1, 0.15) is 0 Å². The van der Waals surface area contributed by atoms with E-state index in [4.69, 9.17) is 9.47 Å². The third-order valence-electron chi connectivity index (χ3n) is 8.96. The van der Waals surface area contributed by atoms with E-state index in [1.54, 1.807) is 5.56 Å². The monoisotopic (exact) mass is 504 g/mol. The number of ether oxygens (including phenoxy) is 2. The summed E-state index contributed by atoms with van der Waals surface area (Å²) in [7, 11) is 0. The summed E-state index contributed by atoms with van der Waals surface area (Å²) in [5.41, 5.74) is 6.71. The van der Waals surface area contributed by atoms with Crippen LogP contribution in [-0.4, -0.2) is 13.2 Å². The van der Waals surface area contributed by atoms with Gasteiger partial charge in [0.15, 0.2) is 6.29 Å². The lowest BCUT2D eigenvalue weighted by Crippen LogP contribution is -2.27. The first kappa shape index (κ1) is 28.4. The van der Waals surface area contributed by atoms with Crippen LogP contribution in [0, 0.1) is 18.8 Å². The minimum absolute atomic E-state index is 0.216. The summed E-state index contributed by atoms with van der Waals surface area (Å²) in [6.07, 6.45) is 19.0. The van der Waals surface area contributed by atoms with Crippen LogP contribution in [0.1, 0.15) is 133 Å². The lowest BCUT2D eigenvalue weighted by Gasteiger charge is -2.30. The van der Waals surface area contributed by atoms with Crippen molar-refractivity contribution in [2.45, 2.75) is 123 Å². The number of aryl methyl sites for hydroxylation is 1. The predicted octanol–water partition coefficient (Wildman–Crippen LogP) is 10.5. The molecule has 0 aromatic heterocycles. The Bertz CT molecular complexity index is 901. The molecule has 2 heteroatoms. The highest BCUT2D eigenvalue weighted by atomic mass is 16.7. The van der Waals surface area contributed by atoms with Crippen LogP contribution < -0.4 is 0 Å². The van der Waals surface area contributed by atoms with Gasteiger partial charge in [-0.3, -0.25) is 0 Å². The van der Waals surface area contributed by atoms with E-state index in [9.17, 15) is 0 Å². The van der Waals surface area contributed by atoms with Crippen LogP contribution in [0.5, 0.6) is 0 Å². The highest BCUT2D eigenvalue weighted by Gasteiger charge is 2.24. The molecule has 0 amide bonds. The Morgan fingerprint density at radius 3 is 1.92 bits per heavy atom. The highest BCUT2D eigenvalue weighted by Crippen LogP contribution is 2.39. The molecule has 0 N–H and O–H groups in total. The summed E-state index contributed by atoms with van der Waals surface area (Å²) in [5.74, 6) is 2.27. The van der Waals surface area contributed by atoms with E-state index < -0.39 is 0 Å². The van der Waals surface area contributed by atoms with Gasteiger partial charge in [0.25, 0.3) is 0 Å². The molecule has 2 aromatic carbocycles. The third-order valence-corrected chi connectivity index (χ3v) is 8.96. The van der Waals surface area contributed by atoms with Crippen molar-refractivity contribution in [2.24, 2.45) is 11.8 Å². The van der Waals surface area contributed by atoms with Gasteiger partial charge < -0.3 is 9.47 Å². The first-order valence-electron chi connectivity index (χ1n) is 15.6. The molecule has 0 radical (unpaired) electrons. The zero-order chi connectivity index (χ0) is 25.9. The average Bonchev–Trinajstić information content (AvgIpc) is 2.94. The molecule has 1 heterocycles. The topological polar surface area (TPSA) is 18.5 Å². The summed E-state index contributed by atoms with van der Waals surface area (Å²) in [5, 5.41) is 0. The summed E-state index contributed by atoms with van der Waals surface area (Å²) in [6.45, 7) is 8.47. The van der Waals surface area contributed by atoms with Crippen LogP contribution in [-0.2, 0) is 9.47 Å². The third kappa shape index (κ3) is 8.42. The first-order chi connectivity index (χ1) is 18.2. The maximum Gasteiger partial charge on any atom is 0.183 e. The Balaban J connectivity index is 1.26. The number of unbranched alkanes of at least 4 members (excludes halogenated alkanes) is 6. The van der Waals surface area contributed by atoms with E-state index in [1.807, 2.05) is 0 Å². The highest BCUT2D eigenvalue weighted by molar-refractivity contribution is 5.68. The van der Waals surface area contributed by atoms with Crippen molar-refractivity contribution in [1.29, 1.82) is 0 Å². The van der Waals surface area contributed by atoms with E-state index >= 15 is 0 Å². The fourth-order valence-corrected chi connectivity index (χ4v) is 6.49. The molecule has 0 bridgehead atoms. The van der Waals surface area contributed by atoms with Gasteiger partial charge in [0.2, 0.25) is 0 Å². The number of rotatable bonds is 13. The molecule has 1 aliphatic carbocycles. The molecule has 0 atom stereocenters. The van der Waals surface area contributed by atoms with Crippen molar-refractivity contribution in [3.05, 3.63) is 59.2 Å². The van der Waals surface area contributed by atoms with E-state index in [0.29, 0.717) is 5.92 Å². The van der Waals surface area contributed by atoms with Crippen LogP contribution >= 0.6 is 0 Å². The number of hydrogen-bond donors (Lipinski definition) is 0. The van der Waals surface area contributed by atoms with Gasteiger partial charge in [-0.2, -0.15) is 0 Å². The number of benzene rings is 2. The molecule has 1 aliphatic heterocycles. The van der Waals surface area contributed by atoms with Gasteiger partial charge >= 0.3 is 0 Å². The summed E-state index contributed by atoms with van der Waals surface area (Å²) in [4.78, 5) is 0. The molecule has 1 saturated heterocycles. The van der Waals surface area contributed by atoms with Crippen molar-refractivity contribution in [2.75, 3.05) is 13.2 Å². The molecule has 0 unspecified atom stereocenters. The van der Waals surface area contributed by atoms with Crippen LogP contribution in [0.25, 0.3) is 11.1 Å². The molecule has 2 nitrogen and oxygen atoms in total. The molecule has 4 rings (SSSR count). The zero-order valence-electron chi connectivity index (χ0n) is 24.0. The van der Waals surface area contributed by atoms with Crippen LogP contribution in [0.2, 0.25) is 0 Å². The molecule has 2 fully saturated rings. The second kappa shape index (κ2) is 15.1. The van der Waals surface area contributed by atoms with Crippen LogP contribution in [0.15, 0.2) is 42.5 Å². The van der Waals surface area contributed by atoms with E-state index in [0.717, 1.165) is 30.6 Å². The molecule has 37 heavy (non-hydrogen) atoms. The maximum absolute atomic E-state index is 6.08. The van der Waals surface area contributed by atoms with Crippen molar-refractivity contribution < 1.29 is 9.47 Å². The Hall–Kier alpha value is -1.64. The molecule has 0 spiro atoms. The van der Waals surface area contributed by atoms with Crippen LogP contribution in [0.3, 0.4) is 0 Å². The van der Waals surface area contributed by atoms with Gasteiger partial charge in [-0.15, -0.1) is 0 Å². The molecular weight excluding hydrogens is 452 g/mol. The summed E-state index contributed by atoms with van der Waals surface area (Å²) in [6, 6.07) is 16.1. The SMILES string of the molecule is CCCCCCCC1CCC(c2ccc(-c3ccc(C4OCC(CCCCC)CO4)cc3)c(C)c2)CC1. The smallest absolute Gasteiger partial charge is 0.183 e. The Kier molecular flexibility index (Phi) is 11.6. The van der Waals surface area contributed by atoms with Crippen molar-refractivity contribution in [3.63, 3.8) is 0 Å². The average molecular weight is 505 g/mol. The second-order valence-electron chi connectivity index (χ2n) is 12.0. The van der Waals surface area contributed by atoms with Crippen molar-refractivity contribution >= 4 is 0 Å². The fourth-order valence-electron chi connectivity index (χ4n) is 6.49. The lowest BCUT2D eigenvalue weighted by atomic mass is 9.76. The van der Waals surface area contributed by atoms with Gasteiger partial charge in [-0.05, 0) is 73.1 Å². The largest absolute Gasteiger partial charge is 0.348 e. The van der Waals surface area contributed by atoms with Gasteiger partial charge in [0, 0.05) is 11.5 Å². The standard InChI is InChI=1S/C35H52O2/c1-4-6-8-9-11-12-28-14-16-30(17-15-28)33-22-23-34(27(3)24-33)31-18-20-32(21-19-31)35-36-25-29(26-37-35)13-10-7-5-2/h18-24,28-30,35H,4-17,25-26H2,1-3H3. The van der Waals surface area contributed by atoms with Crippen molar-refractivity contribution in [3.8, 4) is 11.1 Å². The molecular formula is C35H52O2. The lowest BCUT2D eigenvalue weighted by molar-refractivity contribution is -0.206. The Labute approximate surface area is 227 Å². The van der Waals surface area contributed by atoms with E-state index in [2.05, 4.69) is 63.2 Å². The van der Waals surface area contributed by atoms with E-state index in [-0.39, 0.29) is 6.29 Å². The Morgan fingerprint density at radius 2 is 1.24 bits per heavy atom. The van der Waals surface area contributed by atoms with Gasteiger partial charge in [0.05, 0.1) is 13.2 Å². The second-order valence-corrected chi connectivity index (χ2v) is 12.0. The normalized spacial score (nSPS) is 24.3. The maximum atomic E-state index is 6.08. The quantitative estimate of drug-likeness (QED) is 0.253. The number of hydrogen-bond acceptors (Lipinski definition) is 2. The molecule has 1 saturated carbocycles. The first-order valence-corrected chi connectivity index (χ1v) is 15.6. The Morgan fingerprint density at radius 1 is 0.649 bits per heavy atom.